The summed E-state index contributed by atoms with van der Waals surface area (Å²) in [6.45, 7) is 5.92. The molecule has 0 aromatic heterocycles. The van der Waals surface area contributed by atoms with Crippen LogP contribution in [0.5, 0.6) is 0 Å². The molecule has 1 aliphatic heterocycles. The Morgan fingerprint density at radius 2 is 1.92 bits per heavy atom. The van der Waals surface area contributed by atoms with Gasteiger partial charge in [-0.25, -0.2) is 0 Å². The summed E-state index contributed by atoms with van der Waals surface area (Å²) in [5.74, 6) is 0.454. The minimum Gasteiger partial charge on any atom is -0.357 e. The van der Waals surface area contributed by atoms with Gasteiger partial charge >= 0.3 is 6.18 Å². The van der Waals surface area contributed by atoms with E-state index in [4.69, 9.17) is 0 Å². The molecule has 0 aliphatic carbocycles. The van der Waals surface area contributed by atoms with E-state index in [0.29, 0.717) is 19.0 Å². The number of alkyl halides is 3. The maximum absolute atomic E-state index is 12.2. The zero-order valence-electron chi connectivity index (χ0n) is 15.1. The molecule has 0 unspecified atom stereocenters. The molecule has 1 aromatic rings. The van der Waals surface area contributed by atoms with E-state index in [0.717, 1.165) is 32.5 Å². The third-order valence-electron chi connectivity index (χ3n) is 4.16. The first kappa shape index (κ1) is 23.0. The third-order valence-corrected chi connectivity index (χ3v) is 4.16. The quantitative estimate of drug-likeness (QED) is 0.269. The second-order valence-corrected chi connectivity index (χ2v) is 6.20. The van der Waals surface area contributed by atoms with Gasteiger partial charge in [-0.3, -0.25) is 9.89 Å². The second kappa shape index (κ2) is 11.6. The number of guanidine groups is 1. The number of rotatable bonds is 7. The highest BCUT2D eigenvalue weighted by atomic mass is 127. The zero-order chi connectivity index (χ0) is 18.1. The minimum atomic E-state index is -4.14. The molecule has 2 N–H and O–H groups in total. The Kier molecular flexibility index (Phi) is 10.3. The normalized spacial score (nSPS) is 15.2. The van der Waals surface area contributed by atoms with Gasteiger partial charge in [0.05, 0.1) is 6.42 Å². The Bertz CT molecular complexity index is 564. The molecule has 0 bridgehead atoms. The van der Waals surface area contributed by atoms with Crippen LogP contribution in [0.2, 0.25) is 0 Å². The van der Waals surface area contributed by atoms with Crippen LogP contribution >= 0.6 is 24.0 Å². The number of aliphatic imine (C=N–C) groups is 1. The van der Waals surface area contributed by atoms with Crippen molar-refractivity contribution in [1.82, 2.24) is 15.5 Å². The van der Waals surface area contributed by atoms with Crippen LogP contribution in [0.15, 0.2) is 29.3 Å². The first-order valence-corrected chi connectivity index (χ1v) is 8.86. The number of halogens is 4. The van der Waals surface area contributed by atoms with Crippen molar-refractivity contribution in [2.45, 2.75) is 38.9 Å². The summed E-state index contributed by atoms with van der Waals surface area (Å²) >= 11 is 0. The molecule has 8 heteroatoms. The third kappa shape index (κ3) is 8.57. The summed E-state index contributed by atoms with van der Waals surface area (Å²) in [5.41, 5.74) is 2.82. The highest BCUT2D eigenvalue weighted by Gasteiger charge is 2.26. The average Bonchev–Trinajstić information content (AvgIpc) is 2.57. The lowest BCUT2D eigenvalue weighted by Gasteiger charge is -2.28. The van der Waals surface area contributed by atoms with Crippen LogP contribution < -0.4 is 10.6 Å². The van der Waals surface area contributed by atoms with Crippen molar-refractivity contribution < 1.29 is 13.2 Å². The van der Waals surface area contributed by atoms with Gasteiger partial charge in [-0.15, -0.1) is 24.0 Å². The molecule has 0 spiro atoms. The predicted molar refractivity (Wildman–Crippen MR) is 110 cm³/mol. The summed E-state index contributed by atoms with van der Waals surface area (Å²) in [7, 11) is 0. The van der Waals surface area contributed by atoms with E-state index in [1.807, 2.05) is 6.92 Å². The molecule has 148 valence electrons. The predicted octanol–water partition coefficient (Wildman–Crippen LogP) is 3.56. The van der Waals surface area contributed by atoms with Gasteiger partial charge in [0.25, 0.3) is 0 Å². The number of hydrogen-bond donors (Lipinski definition) is 2. The topological polar surface area (TPSA) is 39.7 Å². The van der Waals surface area contributed by atoms with Crippen LogP contribution in [0.1, 0.15) is 30.9 Å². The summed E-state index contributed by atoms with van der Waals surface area (Å²) in [5, 5.41) is 5.71. The highest BCUT2D eigenvalue weighted by Crippen LogP contribution is 2.19. The van der Waals surface area contributed by atoms with Crippen molar-refractivity contribution in [3.63, 3.8) is 0 Å². The van der Waals surface area contributed by atoms with Gasteiger partial charge in [0.15, 0.2) is 5.96 Å². The van der Waals surface area contributed by atoms with E-state index in [9.17, 15) is 13.2 Å². The molecule has 2 rings (SSSR count). The Labute approximate surface area is 170 Å². The van der Waals surface area contributed by atoms with Crippen molar-refractivity contribution in [2.75, 3.05) is 32.7 Å². The molecule has 1 aromatic carbocycles. The maximum Gasteiger partial charge on any atom is 0.390 e. The van der Waals surface area contributed by atoms with Crippen LogP contribution in [0.25, 0.3) is 0 Å². The van der Waals surface area contributed by atoms with E-state index in [2.05, 4.69) is 44.8 Å². The van der Waals surface area contributed by atoms with Gasteiger partial charge in [-0.05, 0) is 30.9 Å². The number of benzene rings is 1. The lowest BCUT2D eigenvalue weighted by Crippen LogP contribution is -2.39. The van der Waals surface area contributed by atoms with E-state index in [-0.39, 0.29) is 30.5 Å². The zero-order valence-corrected chi connectivity index (χ0v) is 17.4. The van der Waals surface area contributed by atoms with Crippen LogP contribution in [-0.4, -0.2) is 49.8 Å². The lowest BCUT2D eigenvalue weighted by molar-refractivity contribution is -0.132. The fraction of sp³-hybridized carbons (Fsp3) is 0.611. The molecule has 0 saturated heterocycles. The molecule has 0 amide bonds. The van der Waals surface area contributed by atoms with Crippen molar-refractivity contribution in [2.24, 2.45) is 4.99 Å². The largest absolute Gasteiger partial charge is 0.390 e. The molecule has 0 radical (unpaired) electrons. The van der Waals surface area contributed by atoms with Crippen LogP contribution in [-0.2, 0) is 13.0 Å². The van der Waals surface area contributed by atoms with Gasteiger partial charge in [0.1, 0.15) is 0 Å². The molecule has 0 fully saturated rings. The van der Waals surface area contributed by atoms with E-state index >= 15 is 0 Å². The molecule has 0 atom stereocenters. The Balaban J connectivity index is 0.00000338. The van der Waals surface area contributed by atoms with E-state index in [1.54, 1.807) is 0 Å². The molecular weight excluding hydrogens is 456 g/mol. The fourth-order valence-corrected chi connectivity index (χ4v) is 2.89. The SMILES string of the molecule is CCNC(=NCCCN1CCc2ccccc2C1)NCCC(F)(F)F.I. The Morgan fingerprint density at radius 1 is 1.19 bits per heavy atom. The van der Waals surface area contributed by atoms with Gasteiger partial charge in [-0.2, -0.15) is 13.2 Å². The van der Waals surface area contributed by atoms with Crippen molar-refractivity contribution >= 4 is 29.9 Å². The summed E-state index contributed by atoms with van der Waals surface area (Å²) in [6.07, 6.45) is -3.04. The standard InChI is InChI=1S/C18H27F3N4.HI/c1-2-22-17(24-11-9-18(19,20)21)23-10-5-12-25-13-8-15-6-3-4-7-16(15)14-25;/h3-4,6-7H,2,5,8-14H2,1H3,(H2,22,23,24);1H. The van der Waals surface area contributed by atoms with Gasteiger partial charge in [-0.1, -0.05) is 24.3 Å². The highest BCUT2D eigenvalue weighted by molar-refractivity contribution is 14.0. The smallest absolute Gasteiger partial charge is 0.357 e. The Hall–Kier alpha value is -1.03. The van der Waals surface area contributed by atoms with E-state index in [1.165, 1.54) is 11.1 Å². The summed E-state index contributed by atoms with van der Waals surface area (Å²) in [4.78, 5) is 6.77. The monoisotopic (exact) mass is 484 g/mol. The van der Waals surface area contributed by atoms with Crippen LogP contribution in [0.4, 0.5) is 13.2 Å². The molecule has 1 aliphatic rings. The molecular formula is C18H28F3IN4. The number of hydrogen-bond acceptors (Lipinski definition) is 2. The van der Waals surface area contributed by atoms with Crippen molar-refractivity contribution in [3.8, 4) is 0 Å². The number of nitrogens with one attached hydrogen (secondary N) is 2. The summed E-state index contributed by atoms with van der Waals surface area (Å²) < 4.78 is 36.6. The minimum absolute atomic E-state index is 0. The van der Waals surface area contributed by atoms with Crippen LogP contribution in [0, 0.1) is 0 Å². The maximum atomic E-state index is 12.2. The van der Waals surface area contributed by atoms with Gasteiger partial charge in [0.2, 0.25) is 0 Å². The second-order valence-electron chi connectivity index (χ2n) is 6.20. The van der Waals surface area contributed by atoms with Gasteiger partial charge in [0, 0.05) is 39.3 Å². The summed E-state index contributed by atoms with van der Waals surface area (Å²) in [6, 6.07) is 8.51. The fourth-order valence-electron chi connectivity index (χ4n) is 2.89. The Morgan fingerprint density at radius 3 is 2.62 bits per heavy atom. The lowest BCUT2D eigenvalue weighted by atomic mass is 10.00. The number of nitrogens with zero attached hydrogens (tertiary/aromatic N) is 2. The first-order chi connectivity index (χ1) is 12.0. The van der Waals surface area contributed by atoms with Crippen LogP contribution in [0.3, 0.4) is 0 Å². The molecule has 26 heavy (non-hydrogen) atoms. The van der Waals surface area contributed by atoms with E-state index < -0.39 is 12.6 Å². The van der Waals surface area contributed by atoms with Crippen molar-refractivity contribution in [3.05, 3.63) is 35.4 Å². The molecule has 1 heterocycles. The average molecular weight is 484 g/mol. The van der Waals surface area contributed by atoms with Gasteiger partial charge < -0.3 is 10.6 Å². The molecule has 4 nitrogen and oxygen atoms in total. The van der Waals surface area contributed by atoms with Crippen molar-refractivity contribution in [1.29, 1.82) is 0 Å². The first-order valence-electron chi connectivity index (χ1n) is 8.86. The number of fused-ring (bicyclic) bond motifs is 1. The molecule has 0 saturated carbocycles.